The number of amides is 1. The van der Waals surface area contributed by atoms with Gasteiger partial charge < -0.3 is 14.2 Å². The van der Waals surface area contributed by atoms with E-state index in [2.05, 4.69) is 15.1 Å². The molecule has 2 aliphatic rings. The van der Waals surface area contributed by atoms with E-state index in [9.17, 15) is 4.79 Å². The number of hydrogen-bond acceptors (Lipinski definition) is 6. The van der Waals surface area contributed by atoms with Crippen LogP contribution in [0.3, 0.4) is 0 Å². The molecule has 1 saturated carbocycles. The smallest absolute Gasteiger partial charge is 0.277 e. The summed E-state index contributed by atoms with van der Waals surface area (Å²) in [6, 6.07) is 7.82. The Hall–Kier alpha value is -1.73. The Labute approximate surface area is 155 Å². The summed E-state index contributed by atoms with van der Waals surface area (Å²) in [6.07, 6.45) is 2.25. The third kappa shape index (κ3) is 3.93. The van der Waals surface area contributed by atoms with Crippen LogP contribution in [-0.4, -0.2) is 52.9 Å². The van der Waals surface area contributed by atoms with Crippen LogP contribution in [0.25, 0.3) is 0 Å². The molecule has 2 aromatic rings. The van der Waals surface area contributed by atoms with Crippen LogP contribution in [0.2, 0.25) is 5.02 Å². The normalized spacial score (nSPS) is 17.8. The molecule has 4 rings (SSSR count). The zero-order valence-corrected chi connectivity index (χ0v) is 15.3. The second-order valence-electron chi connectivity index (χ2n) is 6.29. The van der Waals surface area contributed by atoms with Gasteiger partial charge in [-0.3, -0.25) is 4.79 Å². The van der Waals surface area contributed by atoms with Crippen LogP contribution in [0.4, 0.5) is 5.69 Å². The summed E-state index contributed by atoms with van der Waals surface area (Å²) >= 11 is 7.58. The lowest BCUT2D eigenvalue weighted by Crippen LogP contribution is -2.49. The van der Waals surface area contributed by atoms with Gasteiger partial charge in [0.05, 0.1) is 16.5 Å². The molecule has 6 nitrogen and oxygen atoms in total. The zero-order valence-electron chi connectivity index (χ0n) is 13.7. The van der Waals surface area contributed by atoms with Gasteiger partial charge in [-0.2, -0.15) is 0 Å². The predicted octanol–water partition coefficient (Wildman–Crippen LogP) is 3.04. The molecule has 0 N–H and O–H groups in total. The van der Waals surface area contributed by atoms with Gasteiger partial charge in [0.1, 0.15) is 0 Å². The van der Waals surface area contributed by atoms with Crippen molar-refractivity contribution in [2.24, 2.45) is 0 Å². The first-order valence-corrected chi connectivity index (χ1v) is 9.80. The number of carbonyl (C=O) groups is 1. The topological polar surface area (TPSA) is 62.5 Å². The molecule has 1 aromatic heterocycles. The molecule has 0 spiro atoms. The Balaban J connectivity index is 1.27. The van der Waals surface area contributed by atoms with Crippen molar-refractivity contribution in [3.63, 3.8) is 0 Å². The van der Waals surface area contributed by atoms with Crippen LogP contribution in [0.15, 0.2) is 33.9 Å². The van der Waals surface area contributed by atoms with E-state index < -0.39 is 0 Å². The van der Waals surface area contributed by atoms with Gasteiger partial charge in [0.15, 0.2) is 0 Å². The maximum absolute atomic E-state index is 12.4. The van der Waals surface area contributed by atoms with Crippen LogP contribution >= 0.6 is 23.4 Å². The quantitative estimate of drug-likeness (QED) is 0.745. The van der Waals surface area contributed by atoms with Crippen molar-refractivity contribution in [3.8, 4) is 0 Å². The summed E-state index contributed by atoms with van der Waals surface area (Å²) in [5.74, 6) is 1.59. The first-order chi connectivity index (χ1) is 12.2. The molecule has 132 valence electrons. The summed E-state index contributed by atoms with van der Waals surface area (Å²) in [7, 11) is 0. The standard InChI is InChI=1S/C17H19ClN4O2S/c18-13-3-1-2-4-14(13)21-7-9-22(10-8-21)15(23)11-25-17-20-19-16(24-17)12-5-6-12/h1-4,12H,5-11H2. The minimum atomic E-state index is 0.106. The number of rotatable bonds is 5. The number of piperazine rings is 1. The van der Waals surface area contributed by atoms with Gasteiger partial charge in [0, 0.05) is 32.1 Å². The molecule has 0 atom stereocenters. The second kappa shape index (κ2) is 7.25. The molecule has 2 heterocycles. The van der Waals surface area contributed by atoms with Crippen molar-refractivity contribution in [2.45, 2.75) is 24.0 Å². The average molecular weight is 379 g/mol. The Kier molecular flexibility index (Phi) is 4.85. The van der Waals surface area contributed by atoms with Gasteiger partial charge in [-0.25, -0.2) is 0 Å². The predicted molar refractivity (Wildman–Crippen MR) is 97.2 cm³/mol. The first-order valence-electron chi connectivity index (χ1n) is 8.44. The maximum atomic E-state index is 12.4. The molecule has 1 aliphatic carbocycles. The van der Waals surface area contributed by atoms with E-state index >= 15 is 0 Å². The van der Waals surface area contributed by atoms with Crippen LogP contribution in [0.5, 0.6) is 0 Å². The van der Waals surface area contributed by atoms with Gasteiger partial charge in [-0.05, 0) is 25.0 Å². The van der Waals surface area contributed by atoms with Crippen molar-refractivity contribution in [2.75, 3.05) is 36.8 Å². The van der Waals surface area contributed by atoms with E-state index in [-0.39, 0.29) is 5.91 Å². The van der Waals surface area contributed by atoms with Crippen molar-refractivity contribution in [3.05, 3.63) is 35.2 Å². The molecule has 1 aliphatic heterocycles. The number of anilines is 1. The Morgan fingerprint density at radius 1 is 1.20 bits per heavy atom. The molecule has 1 amide bonds. The largest absolute Gasteiger partial charge is 0.416 e. The number of carbonyl (C=O) groups excluding carboxylic acids is 1. The van der Waals surface area contributed by atoms with Crippen LogP contribution in [0.1, 0.15) is 24.7 Å². The van der Waals surface area contributed by atoms with Crippen molar-refractivity contribution in [1.29, 1.82) is 0 Å². The lowest BCUT2D eigenvalue weighted by molar-refractivity contribution is -0.128. The lowest BCUT2D eigenvalue weighted by atomic mass is 10.2. The Morgan fingerprint density at radius 2 is 1.96 bits per heavy atom. The van der Waals surface area contributed by atoms with E-state index in [4.69, 9.17) is 16.0 Å². The average Bonchev–Trinajstić information content (AvgIpc) is 3.39. The minimum absolute atomic E-state index is 0.106. The summed E-state index contributed by atoms with van der Waals surface area (Å²) in [4.78, 5) is 16.5. The molecule has 0 radical (unpaired) electrons. The van der Waals surface area contributed by atoms with Gasteiger partial charge in [0.25, 0.3) is 5.22 Å². The maximum Gasteiger partial charge on any atom is 0.277 e. The number of halogens is 1. The number of para-hydroxylation sites is 1. The summed E-state index contributed by atoms with van der Waals surface area (Å²) in [5, 5.41) is 9.29. The molecule has 0 unspecified atom stereocenters. The van der Waals surface area contributed by atoms with Crippen molar-refractivity contribution < 1.29 is 9.21 Å². The van der Waals surface area contributed by atoms with Crippen LogP contribution in [-0.2, 0) is 4.79 Å². The van der Waals surface area contributed by atoms with Crippen molar-refractivity contribution in [1.82, 2.24) is 15.1 Å². The Bertz CT molecular complexity index is 757. The highest BCUT2D eigenvalue weighted by molar-refractivity contribution is 7.99. The summed E-state index contributed by atoms with van der Waals surface area (Å²) in [5.41, 5.74) is 1.03. The van der Waals surface area contributed by atoms with Gasteiger partial charge in [0.2, 0.25) is 11.8 Å². The highest BCUT2D eigenvalue weighted by Gasteiger charge is 2.29. The van der Waals surface area contributed by atoms with E-state index in [1.165, 1.54) is 11.8 Å². The lowest BCUT2D eigenvalue weighted by Gasteiger charge is -2.36. The monoisotopic (exact) mass is 378 g/mol. The highest BCUT2D eigenvalue weighted by atomic mass is 35.5. The van der Waals surface area contributed by atoms with Crippen LogP contribution in [0, 0.1) is 0 Å². The summed E-state index contributed by atoms with van der Waals surface area (Å²) < 4.78 is 5.58. The molecule has 2 fully saturated rings. The summed E-state index contributed by atoms with van der Waals surface area (Å²) in [6.45, 7) is 2.96. The Morgan fingerprint density at radius 3 is 2.68 bits per heavy atom. The molecular weight excluding hydrogens is 360 g/mol. The van der Waals surface area contributed by atoms with Gasteiger partial charge in [-0.1, -0.05) is 35.5 Å². The van der Waals surface area contributed by atoms with Crippen molar-refractivity contribution >= 4 is 35.0 Å². The van der Waals surface area contributed by atoms with Gasteiger partial charge >= 0.3 is 0 Å². The number of thioether (sulfide) groups is 1. The number of aromatic nitrogens is 2. The number of hydrogen-bond donors (Lipinski definition) is 0. The first kappa shape index (κ1) is 16.7. The highest BCUT2D eigenvalue weighted by Crippen LogP contribution is 2.39. The molecular formula is C17H19ClN4O2S. The SMILES string of the molecule is O=C(CSc1nnc(C2CC2)o1)N1CCN(c2ccccc2Cl)CC1. The fourth-order valence-electron chi connectivity index (χ4n) is 2.89. The van der Waals surface area contributed by atoms with E-state index in [1.807, 2.05) is 29.2 Å². The third-order valence-corrected chi connectivity index (χ3v) is 5.62. The molecule has 8 heteroatoms. The van der Waals surface area contributed by atoms with Gasteiger partial charge in [-0.15, -0.1) is 10.2 Å². The van der Waals surface area contributed by atoms with E-state index in [0.717, 1.165) is 36.6 Å². The molecule has 1 saturated heterocycles. The van der Waals surface area contributed by atoms with Crippen LogP contribution < -0.4 is 4.90 Å². The molecule has 25 heavy (non-hydrogen) atoms. The molecule has 0 bridgehead atoms. The van der Waals surface area contributed by atoms with E-state index in [0.29, 0.717) is 35.9 Å². The minimum Gasteiger partial charge on any atom is -0.416 e. The number of nitrogens with zero attached hydrogens (tertiary/aromatic N) is 4. The molecule has 1 aromatic carbocycles. The number of benzene rings is 1. The third-order valence-electron chi connectivity index (χ3n) is 4.49. The fraction of sp³-hybridized carbons (Fsp3) is 0.471. The second-order valence-corrected chi connectivity index (χ2v) is 7.62. The fourth-order valence-corrected chi connectivity index (χ4v) is 3.82. The van der Waals surface area contributed by atoms with E-state index in [1.54, 1.807) is 0 Å². The zero-order chi connectivity index (χ0) is 17.2.